The van der Waals surface area contributed by atoms with E-state index < -0.39 is 0 Å². The first kappa shape index (κ1) is 12.3. The van der Waals surface area contributed by atoms with Gasteiger partial charge in [-0.2, -0.15) is 0 Å². The molecule has 1 nitrogen and oxygen atoms in total. The van der Waals surface area contributed by atoms with Crippen LogP contribution in [-0.4, -0.2) is 6.04 Å². The molecule has 1 N–H and O–H groups in total. The standard InChI is InChI=1S/C13H17BrClN/c1-9-2-5-11(6-3-9)16-13-7-4-10(15)8-12(13)14/h4,7-9,11,16H,2-3,5-6H2,1H3. The summed E-state index contributed by atoms with van der Waals surface area (Å²) in [4.78, 5) is 0. The quantitative estimate of drug-likeness (QED) is 0.802. The van der Waals surface area contributed by atoms with Gasteiger partial charge in [-0.25, -0.2) is 0 Å². The molecule has 1 aliphatic carbocycles. The fraction of sp³-hybridized carbons (Fsp3) is 0.538. The highest BCUT2D eigenvalue weighted by atomic mass is 79.9. The van der Waals surface area contributed by atoms with Gasteiger partial charge in [0.15, 0.2) is 0 Å². The molecule has 0 radical (unpaired) electrons. The third kappa shape index (κ3) is 3.14. The van der Waals surface area contributed by atoms with Gasteiger partial charge in [0.1, 0.15) is 0 Å². The van der Waals surface area contributed by atoms with Crippen LogP contribution in [0.3, 0.4) is 0 Å². The average molecular weight is 303 g/mol. The van der Waals surface area contributed by atoms with E-state index in [0.717, 1.165) is 21.1 Å². The molecular formula is C13H17BrClN. The van der Waals surface area contributed by atoms with Crippen LogP contribution in [-0.2, 0) is 0 Å². The van der Waals surface area contributed by atoms with E-state index in [-0.39, 0.29) is 0 Å². The van der Waals surface area contributed by atoms with Gasteiger partial charge in [-0.05, 0) is 65.7 Å². The monoisotopic (exact) mass is 301 g/mol. The van der Waals surface area contributed by atoms with Gasteiger partial charge >= 0.3 is 0 Å². The molecule has 0 atom stereocenters. The van der Waals surface area contributed by atoms with E-state index >= 15 is 0 Å². The molecule has 16 heavy (non-hydrogen) atoms. The normalized spacial score (nSPS) is 25.4. The number of hydrogen-bond donors (Lipinski definition) is 1. The SMILES string of the molecule is CC1CCC(Nc2ccc(Cl)cc2Br)CC1. The molecule has 3 heteroatoms. The minimum absolute atomic E-state index is 0.619. The molecule has 0 spiro atoms. The van der Waals surface area contributed by atoms with E-state index in [0.29, 0.717) is 6.04 Å². The predicted molar refractivity (Wildman–Crippen MR) is 74.2 cm³/mol. The van der Waals surface area contributed by atoms with Crippen LogP contribution in [0.5, 0.6) is 0 Å². The topological polar surface area (TPSA) is 12.0 Å². The van der Waals surface area contributed by atoms with Crippen molar-refractivity contribution in [1.29, 1.82) is 0 Å². The van der Waals surface area contributed by atoms with Crippen LogP contribution >= 0.6 is 27.5 Å². The van der Waals surface area contributed by atoms with E-state index in [1.807, 2.05) is 18.2 Å². The second-order valence-corrected chi connectivity index (χ2v) is 6.02. The Kier molecular flexibility index (Phi) is 4.15. The Bertz CT molecular complexity index is 359. The Morgan fingerprint density at radius 1 is 1.25 bits per heavy atom. The van der Waals surface area contributed by atoms with Crippen molar-refractivity contribution < 1.29 is 0 Å². The summed E-state index contributed by atoms with van der Waals surface area (Å²) in [5.74, 6) is 0.895. The number of hydrogen-bond acceptors (Lipinski definition) is 1. The van der Waals surface area contributed by atoms with E-state index in [4.69, 9.17) is 11.6 Å². The molecule has 2 rings (SSSR count). The maximum atomic E-state index is 5.92. The maximum Gasteiger partial charge on any atom is 0.0487 e. The van der Waals surface area contributed by atoms with Crippen LogP contribution in [0.1, 0.15) is 32.6 Å². The fourth-order valence-electron chi connectivity index (χ4n) is 2.23. The summed E-state index contributed by atoms with van der Waals surface area (Å²) in [5, 5.41) is 4.36. The molecular weight excluding hydrogens is 286 g/mol. The fourth-order valence-corrected chi connectivity index (χ4v) is 3.03. The van der Waals surface area contributed by atoms with E-state index in [9.17, 15) is 0 Å². The van der Waals surface area contributed by atoms with Gasteiger partial charge in [0.25, 0.3) is 0 Å². The average Bonchev–Trinajstić information content (AvgIpc) is 2.25. The summed E-state index contributed by atoms with van der Waals surface area (Å²) >= 11 is 9.46. The lowest BCUT2D eigenvalue weighted by atomic mass is 9.87. The molecule has 0 saturated heterocycles. The van der Waals surface area contributed by atoms with Gasteiger partial charge in [-0.1, -0.05) is 18.5 Å². The van der Waals surface area contributed by atoms with Crippen molar-refractivity contribution in [2.24, 2.45) is 5.92 Å². The number of anilines is 1. The lowest BCUT2D eigenvalue weighted by molar-refractivity contribution is 0.361. The van der Waals surface area contributed by atoms with Crippen LogP contribution in [0.2, 0.25) is 5.02 Å². The zero-order valence-corrected chi connectivity index (χ0v) is 11.8. The van der Waals surface area contributed by atoms with E-state index in [1.165, 1.54) is 25.7 Å². The van der Waals surface area contributed by atoms with Crippen LogP contribution < -0.4 is 5.32 Å². The van der Waals surface area contributed by atoms with Crippen LogP contribution in [0.4, 0.5) is 5.69 Å². The highest BCUT2D eigenvalue weighted by Gasteiger charge is 2.18. The Morgan fingerprint density at radius 2 is 1.94 bits per heavy atom. The lowest BCUT2D eigenvalue weighted by Crippen LogP contribution is -2.25. The van der Waals surface area contributed by atoms with Crippen molar-refractivity contribution in [3.8, 4) is 0 Å². The molecule has 0 amide bonds. The Balaban J connectivity index is 1.98. The zero-order valence-electron chi connectivity index (χ0n) is 9.47. The van der Waals surface area contributed by atoms with Gasteiger partial charge < -0.3 is 5.32 Å². The Morgan fingerprint density at radius 3 is 2.56 bits per heavy atom. The minimum atomic E-state index is 0.619. The van der Waals surface area contributed by atoms with Crippen LogP contribution in [0, 0.1) is 5.92 Å². The smallest absolute Gasteiger partial charge is 0.0487 e. The van der Waals surface area contributed by atoms with Crippen LogP contribution in [0.15, 0.2) is 22.7 Å². The number of halogens is 2. The van der Waals surface area contributed by atoms with Gasteiger partial charge in [-0.3, -0.25) is 0 Å². The van der Waals surface area contributed by atoms with Crippen molar-refractivity contribution in [1.82, 2.24) is 0 Å². The number of benzene rings is 1. The zero-order chi connectivity index (χ0) is 11.5. The molecule has 1 saturated carbocycles. The van der Waals surface area contributed by atoms with Gasteiger partial charge in [0, 0.05) is 21.2 Å². The molecule has 1 aliphatic rings. The largest absolute Gasteiger partial charge is 0.381 e. The highest BCUT2D eigenvalue weighted by molar-refractivity contribution is 9.10. The van der Waals surface area contributed by atoms with Gasteiger partial charge in [0.2, 0.25) is 0 Å². The van der Waals surface area contributed by atoms with Crippen molar-refractivity contribution >= 4 is 33.2 Å². The third-order valence-corrected chi connectivity index (χ3v) is 4.20. The molecule has 1 aromatic rings. The number of rotatable bonds is 2. The van der Waals surface area contributed by atoms with Crippen molar-refractivity contribution in [3.63, 3.8) is 0 Å². The lowest BCUT2D eigenvalue weighted by Gasteiger charge is -2.28. The molecule has 0 unspecified atom stereocenters. The molecule has 1 aromatic carbocycles. The number of nitrogens with one attached hydrogen (secondary N) is 1. The van der Waals surface area contributed by atoms with Crippen LogP contribution in [0.25, 0.3) is 0 Å². The van der Waals surface area contributed by atoms with E-state index in [1.54, 1.807) is 0 Å². The Hall–Kier alpha value is -0.210. The highest BCUT2D eigenvalue weighted by Crippen LogP contribution is 2.30. The molecule has 0 bridgehead atoms. The first-order valence-corrected chi connectivity index (χ1v) is 7.04. The second-order valence-electron chi connectivity index (χ2n) is 4.73. The second kappa shape index (κ2) is 5.42. The summed E-state index contributed by atoms with van der Waals surface area (Å²) in [6, 6.07) is 6.54. The van der Waals surface area contributed by atoms with E-state index in [2.05, 4.69) is 28.2 Å². The summed E-state index contributed by atoms with van der Waals surface area (Å²) < 4.78 is 1.05. The van der Waals surface area contributed by atoms with Crippen molar-refractivity contribution in [2.75, 3.05) is 5.32 Å². The summed E-state index contributed by atoms with van der Waals surface area (Å²) in [6.45, 7) is 2.34. The molecule has 0 aliphatic heterocycles. The summed E-state index contributed by atoms with van der Waals surface area (Å²) in [7, 11) is 0. The van der Waals surface area contributed by atoms with Gasteiger partial charge in [-0.15, -0.1) is 0 Å². The predicted octanol–water partition coefficient (Wildman–Crippen LogP) is 5.09. The van der Waals surface area contributed by atoms with Crippen molar-refractivity contribution in [3.05, 3.63) is 27.7 Å². The first-order valence-electron chi connectivity index (χ1n) is 5.87. The maximum absolute atomic E-state index is 5.92. The third-order valence-electron chi connectivity index (χ3n) is 3.31. The Labute approximate surface area is 111 Å². The van der Waals surface area contributed by atoms with Crippen molar-refractivity contribution in [2.45, 2.75) is 38.6 Å². The first-order chi connectivity index (χ1) is 7.65. The van der Waals surface area contributed by atoms with Gasteiger partial charge in [0.05, 0.1) is 0 Å². The molecule has 88 valence electrons. The molecule has 0 heterocycles. The molecule has 0 aromatic heterocycles. The summed E-state index contributed by atoms with van der Waals surface area (Å²) in [5.41, 5.74) is 1.16. The molecule has 1 fully saturated rings. The minimum Gasteiger partial charge on any atom is -0.381 e. The summed E-state index contributed by atoms with van der Waals surface area (Å²) in [6.07, 6.45) is 5.22.